The van der Waals surface area contributed by atoms with Gasteiger partial charge in [0, 0.05) is 36.5 Å². The van der Waals surface area contributed by atoms with Gasteiger partial charge in [-0.25, -0.2) is 14.0 Å². The van der Waals surface area contributed by atoms with Gasteiger partial charge in [0.1, 0.15) is 5.82 Å². The van der Waals surface area contributed by atoms with Gasteiger partial charge in [-0.3, -0.25) is 9.28 Å². The number of carbonyl (C=O) groups excluding carboxylic acids is 1. The summed E-state index contributed by atoms with van der Waals surface area (Å²) in [6.07, 6.45) is 3.22. The predicted molar refractivity (Wildman–Crippen MR) is 148 cm³/mol. The molecule has 4 rings (SSSR count). The number of fused-ring (bicyclic) bond motifs is 1. The monoisotopic (exact) mass is 552 g/mol. The van der Waals surface area contributed by atoms with Gasteiger partial charge in [0.15, 0.2) is 5.69 Å². The Hall–Kier alpha value is -2.47. The van der Waals surface area contributed by atoms with Crippen LogP contribution in [0.2, 0.25) is 0 Å². The molecule has 1 amide bonds. The maximum Gasteiger partial charge on any atom is 0.328 e. The van der Waals surface area contributed by atoms with Crippen LogP contribution in [0.1, 0.15) is 33.6 Å². The number of nitrogens with zero attached hydrogens (tertiary/aromatic N) is 2. The number of nitrogens with one attached hydrogen (secondary N) is 1. The quantitative estimate of drug-likeness (QED) is 0.257. The van der Waals surface area contributed by atoms with E-state index < -0.39 is 11.9 Å². The maximum absolute atomic E-state index is 13.7. The molecule has 3 heterocycles. The van der Waals surface area contributed by atoms with Crippen LogP contribution < -0.4 is 9.80 Å². The first kappa shape index (κ1) is 29.1. The number of amides is 1. The average Bonchev–Trinajstić information content (AvgIpc) is 3.34. The summed E-state index contributed by atoms with van der Waals surface area (Å²) in [5, 5.41) is 22.8. The van der Waals surface area contributed by atoms with E-state index in [1.165, 1.54) is 11.1 Å². The molecule has 2 aliphatic heterocycles. The van der Waals surface area contributed by atoms with Crippen LogP contribution in [-0.2, 0) is 14.4 Å². The Labute approximate surface area is 224 Å². The van der Waals surface area contributed by atoms with E-state index >= 15 is 0 Å². The summed E-state index contributed by atoms with van der Waals surface area (Å²) in [7, 11) is 0. The van der Waals surface area contributed by atoms with Crippen LogP contribution in [0.25, 0.3) is 10.1 Å². The summed E-state index contributed by atoms with van der Waals surface area (Å²) >= 11 is 3.41. The van der Waals surface area contributed by atoms with Gasteiger partial charge in [-0.2, -0.15) is 0 Å². The number of unbranched alkanes of at least 4 members (excludes halogenated alkanes) is 1. The molecule has 0 bridgehead atoms. The van der Waals surface area contributed by atoms with Gasteiger partial charge >= 0.3 is 11.9 Å². The highest BCUT2D eigenvalue weighted by Gasteiger charge is 2.43. The molecule has 2 aromatic rings. The Morgan fingerprint density at radius 2 is 1.84 bits per heavy atom. The minimum absolute atomic E-state index is 0.164. The molecule has 0 spiro atoms. The third-order valence-corrected chi connectivity index (χ3v) is 9.04. The molecule has 1 atom stereocenters. The highest BCUT2D eigenvalue weighted by atomic mass is 32.2. The second kappa shape index (κ2) is 12.4. The Morgan fingerprint density at radius 3 is 2.41 bits per heavy atom. The second-order valence-corrected chi connectivity index (χ2v) is 12.6. The first-order valence-corrected chi connectivity index (χ1v) is 14.1. The Bertz CT molecular complexity index is 1140. The molecule has 0 radical (unpaired) electrons. The molecule has 202 valence electrons. The normalized spacial score (nSPS) is 20.7. The van der Waals surface area contributed by atoms with Crippen LogP contribution in [0.4, 0.5) is 10.1 Å². The van der Waals surface area contributed by atoms with E-state index in [9.17, 15) is 18.8 Å². The lowest BCUT2D eigenvalue weighted by Crippen LogP contribution is -2.60. The lowest BCUT2D eigenvalue weighted by molar-refractivity contribution is -0.134. The molecule has 0 aliphatic carbocycles. The van der Waals surface area contributed by atoms with E-state index in [0.717, 1.165) is 61.3 Å². The largest absolute Gasteiger partial charge is 0.478 e. The highest BCUT2D eigenvalue weighted by molar-refractivity contribution is 8.02. The lowest BCUT2D eigenvalue weighted by atomic mass is 10.1. The molecule has 11 heteroatoms. The third-order valence-electron chi connectivity index (χ3n) is 6.75. The zero-order chi connectivity index (χ0) is 27.2. The maximum atomic E-state index is 13.7. The highest BCUT2D eigenvalue weighted by Crippen LogP contribution is 2.40. The van der Waals surface area contributed by atoms with E-state index in [4.69, 9.17) is 10.2 Å². The number of carboxylic acid groups (broad SMARTS) is 2. The summed E-state index contributed by atoms with van der Waals surface area (Å²) in [6, 6.07) is 5.18. The molecule has 1 unspecified atom stereocenters. The van der Waals surface area contributed by atoms with Crippen molar-refractivity contribution in [3.8, 4) is 0 Å². The Kier molecular flexibility index (Phi) is 9.74. The van der Waals surface area contributed by atoms with Crippen LogP contribution in [0.5, 0.6) is 0 Å². The van der Waals surface area contributed by atoms with Crippen molar-refractivity contribution in [1.29, 1.82) is 0 Å². The number of piperazine rings is 1. The molecule has 37 heavy (non-hydrogen) atoms. The first-order valence-electron chi connectivity index (χ1n) is 12.3. The molecule has 2 fully saturated rings. The topological polar surface area (TPSA) is 107 Å². The summed E-state index contributed by atoms with van der Waals surface area (Å²) in [5.74, 6) is -2.41. The van der Waals surface area contributed by atoms with Crippen LogP contribution in [-0.4, -0.2) is 82.3 Å². The van der Waals surface area contributed by atoms with Crippen molar-refractivity contribution in [2.24, 2.45) is 0 Å². The average molecular weight is 553 g/mol. The lowest BCUT2D eigenvalue weighted by Gasteiger charge is -2.41. The summed E-state index contributed by atoms with van der Waals surface area (Å²) < 4.78 is 15.4. The zero-order valence-electron chi connectivity index (χ0n) is 21.4. The fourth-order valence-electron chi connectivity index (χ4n) is 4.94. The van der Waals surface area contributed by atoms with Crippen LogP contribution in [0.15, 0.2) is 35.7 Å². The van der Waals surface area contributed by atoms with Crippen molar-refractivity contribution < 1.29 is 29.0 Å². The zero-order valence-corrected chi connectivity index (χ0v) is 23.0. The number of benzene rings is 1. The number of carbonyl (C=O) groups is 3. The number of quaternary nitrogens is 1. The fourth-order valence-corrected chi connectivity index (χ4v) is 7.41. The standard InChI is InChI=1S/C22H31FN3OS2.C4H4O4/c1-16-25(21(27)22(2,3)29-16)10-4-5-11-26(12-8-24-9-13-26)19-15-28-20-14-17(23)6-7-18(19)20;5-3(6)1-2-4(7)8/h6-7,14-16,24H,4-5,8-13H2,1-3H3;1-2H,(H,5,6)(H,7,8)/q+1;/b;2-1-. The van der Waals surface area contributed by atoms with E-state index in [2.05, 4.69) is 22.5 Å². The van der Waals surface area contributed by atoms with Crippen LogP contribution in [0.3, 0.4) is 0 Å². The number of thiophene rings is 1. The number of hydrogen-bond acceptors (Lipinski definition) is 6. The summed E-state index contributed by atoms with van der Waals surface area (Å²) in [6.45, 7) is 12.2. The molecule has 1 aromatic carbocycles. The van der Waals surface area contributed by atoms with Gasteiger partial charge in [0.2, 0.25) is 5.91 Å². The molecule has 1 aromatic heterocycles. The smallest absolute Gasteiger partial charge is 0.328 e. The predicted octanol–water partition coefficient (Wildman–Crippen LogP) is 4.14. The number of halogens is 1. The molecule has 0 saturated carbocycles. The number of rotatable bonds is 8. The van der Waals surface area contributed by atoms with Crippen molar-refractivity contribution in [3.05, 3.63) is 41.5 Å². The Morgan fingerprint density at radius 1 is 1.19 bits per heavy atom. The van der Waals surface area contributed by atoms with E-state index in [0.29, 0.717) is 12.2 Å². The SMILES string of the molecule is CC1SC(C)(C)C(=O)N1CCCC[N+]1(c2csc3cc(F)ccc23)CCNCC1.O=C(O)/C=C\C(=O)O. The third kappa shape index (κ3) is 7.31. The summed E-state index contributed by atoms with van der Waals surface area (Å²) in [4.78, 5) is 33.8. The van der Waals surface area contributed by atoms with Crippen LogP contribution in [0, 0.1) is 5.82 Å². The van der Waals surface area contributed by atoms with Crippen LogP contribution >= 0.6 is 23.1 Å². The molecule has 8 nitrogen and oxygen atoms in total. The molecular weight excluding hydrogens is 517 g/mol. The van der Waals surface area contributed by atoms with Gasteiger partial charge in [0.05, 0.1) is 40.5 Å². The van der Waals surface area contributed by atoms with Crippen molar-refractivity contribution in [3.63, 3.8) is 0 Å². The first-order chi connectivity index (χ1) is 17.4. The van der Waals surface area contributed by atoms with Gasteiger partial charge < -0.3 is 20.4 Å². The fraction of sp³-hybridized carbons (Fsp3) is 0.500. The Balaban J connectivity index is 0.000000414. The number of carboxylic acids is 2. The van der Waals surface area contributed by atoms with Gasteiger partial charge in [0.25, 0.3) is 0 Å². The van der Waals surface area contributed by atoms with E-state index in [1.807, 2.05) is 19.9 Å². The van der Waals surface area contributed by atoms with Crippen molar-refractivity contribution >= 4 is 56.7 Å². The number of aliphatic carboxylic acids is 2. The van der Waals surface area contributed by atoms with E-state index in [-0.39, 0.29) is 21.8 Å². The van der Waals surface area contributed by atoms with Crippen molar-refractivity contribution in [1.82, 2.24) is 14.7 Å². The van der Waals surface area contributed by atoms with Gasteiger partial charge in [-0.05, 0) is 51.8 Å². The molecular formula is C26H35FN3O5S2+. The number of thioether (sulfide) groups is 1. The summed E-state index contributed by atoms with van der Waals surface area (Å²) in [5.41, 5.74) is 1.34. The van der Waals surface area contributed by atoms with Gasteiger partial charge in [-0.1, -0.05) is 0 Å². The number of hydrogen-bond donors (Lipinski definition) is 3. The minimum atomic E-state index is -1.26. The van der Waals surface area contributed by atoms with Gasteiger partial charge in [-0.15, -0.1) is 23.1 Å². The van der Waals surface area contributed by atoms with Crippen molar-refractivity contribution in [2.75, 3.05) is 39.3 Å². The molecule has 2 saturated heterocycles. The van der Waals surface area contributed by atoms with E-state index in [1.54, 1.807) is 35.2 Å². The minimum Gasteiger partial charge on any atom is -0.478 e. The second-order valence-electron chi connectivity index (χ2n) is 9.77. The van der Waals surface area contributed by atoms with Crippen molar-refractivity contribution in [2.45, 2.75) is 43.7 Å². The molecule has 2 aliphatic rings. The molecule has 3 N–H and O–H groups in total.